The van der Waals surface area contributed by atoms with Crippen molar-refractivity contribution in [3.05, 3.63) is 87.9 Å². The first kappa shape index (κ1) is 35.0. The van der Waals surface area contributed by atoms with Gasteiger partial charge in [0.05, 0.1) is 12.0 Å². The Kier molecular flexibility index (Phi) is 10.2. The molecule has 260 valence electrons. The van der Waals surface area contributed by atoms with Crippen LogP contribution in [-0.4, -0.2) is 89.1 Å². The second-order valence-electron chi connectivity index (χ2n) is 13.6. The van der Waals surface area contributed by atoms with E-state index in [1.165, 1.54) is 0 Å². The number of allylic oxidation sites excluding steroid dienone is 1. The Morgan fingerprint density at radius 2 is 1.73 bits per heavy atom. The number of nitrogens with zero attached hydrogens (tertiary/aromatic N) is 3. The average molecular weight is 735 g/mol. The van der Waals surface area contributed by atoms with Crippen molar-refractivity contribution in [3.8, 4) is 0 Å². The van der Waals surface area contributed by atoms with Gasteiger partial charge in [-0.3, -0.25) is 19.2 Å². The van der Waals surface area contributed by atoms with E-state index in [2.05, 4.69) is 15.9 Å². The second-order valence-corrected chi connectivity index (χ2v) is 14.5. The maximum Gasteiger partial charge on any atom is 0.313 e. The van der Waals surface area contributed by atoms with Gasteiger partial charge in [-0.05, 0) is 68.9 Å². The van der Waals surface area contributed by atoms with Crippen LogP contribution in [0.1, 0.15) is 55.4 Å². The Morgan fingerprint density at radius 3 is 2.47 bits per heavy atom. The molecule has 0 radical (unpaired) electrons. The third-order valence-electron chi connectivity index (χ3n) is 10.5. The molecule has 7 atom stereocenters. The topological polar surface area (TPSA) is 117 Å². The van der Waals surface area contributed by atoms with Crippen molar-refractivity contribution in [1.82, 2.24) is 9.80 Å². The maximum atomic E-state index is 15.1. The summed E-state index contributed by atoms with van der Waals surface area (Å²) >= 11 is 3.63. The maximum absolute atomic E-state index is 15.1. The van der Waals surface area contributed by atoms with E-state index in [1.807, 2.05) is 81.5 Å². The molecule has 49 heavy (non-hydrogen) atoms. The number of carbonyl (C=O) groups is 4. The highest BCUT2D eigenvalue weighted by Gasteiger charge is 2.75. The lowest BCUT2D eigenvalue weighted by atomic mass is 9.74. The Labute approximate surface area is 295 Å². The van der Waals surface area contributed by atoms with Crippen molar-refractivity contribution in [2.75, 3.05) is 31.6 Å². The Morgan fingerprint density at radius 1 is 0.980 bits per heavy atom. The summed E-state index contributed by atoms with van der Waals surface area (Å²) in [5.74, 6) is -3.47. The van der Waals surface area contributed by atoms with Crippen molar-refractivity contribution in [2.24, 2.45) is 11.8 Å². The van der Waals surface area contributed by atoms with Gasteiger partial charge < -0.3 is 29.3 Å². The molecule has 6 rings (SSSR count). The number of carbonyl (C=O) groups excluding carboxylic acids is 4. The van der Waals surface area contributed by atoms with E-state index in [0.29, 0.717) is 29.4 Å². The number of hydrogen-bond acceptors (Lipinski definition) is 7. The molecule has 2 fully saturated rings. The third kappa shape index (κ3) is 6.25. The molecule has 5 bridgehead atoms. The number of anilines is 1. The van der Waals surface area contributed by atoms with E-state index in [1.54, 1.807) is 27.8 Å². The molecule has 3 amide bonds. The molecule has 1 spiro atoms. The fraction of sp³-hybridized carbons (Fsp3) is 0.474. The van der Waals surface area contributed by atoms with E-state index in [0.717, 1.165) is 16.7 Å². The summed E-state index contributed by atoms with van der Waals surface area (Å²) in [6.07, 6.45) is 5.55. The van der Waals surface area contributed by atoms with E-state index in [9.17, 15) is 19.5 Å². The van der Waals surface area contributed by atoms with Crippen molar-refractivity contribution in [3.63, 3.8) is 0 Å². The van der Waals surface area contributed by atoms with Gasteiger partial charge >= 0.3 is 5.97 Å². The summed E-state index contributed by atoms with van der Waals surface area (Å²) < 4.78 is 13.6. The smallest absolute Gasteiger partial charge is 0.313 e. The predicted octanol–water partition coefficient (Wildman–Crippen LogP) is 4.76. The lowest BCUT2D eigenvalue weighted by Gasteiger charge is -2.36. The number of aryl methyl sites for hydroxylation is 2. The van der Waals surface area contributed by atoms with E-state index < -0.39 is 47.7 Å². The zero-order valence-electron chi connectivity index (χ0n) is 28.4. The number of rotatable bonds is 6. The van der Waals surface area contributed by atoms with Gasteiger partial charge in [-0.25, -0.2) is 0 Å². The number of fused-ring (bicyclic) bond motifs is 2. The van der Waals surface area contributed by atoms with Crippen molar-refractivity contribution < 1.29 is 33.8 Å². The molecule has 4 aliphatic heterocycles. The first-order valence-electron chi connectivity index (χ1n) is 17.0. The molecule has 0 aromatic heterocycles. The van der Waals surface area contributed by atoms with Gasteiger partial charge in [0, 0.05) is 43.3 Å². The van der Waals surface area contributed by atoms with Gasteiger partial charge in [-0.15, -0.1) is 0 Å². The van der Waals surface area contributed by atoms with Gasteiger partial charge in [-0.2, -0.15) is 0 Å². The first-order valence-corrected chi connectivity index (χ1v) is 17.8. The van der Waals surface area contributed by atoms with Crippen LogP contribution in [0.4, 0.5) is 5.69 Å². The van der Waals surface area contributed by atoms with Gasteiger partial charge in [0.2, 0.25) is 11.8 Å². The number of amides is 3. The summed E-state index contributed by atoms with van der Waals surface area (Å²) in [6.45, 7) is 6.11. The van der Waals surface area contributed by atoms with Crippen molar-refractivity contribution in [2.45, 2.75) is 76.3 Å². The zero-order chi connectivity index (χ0) is 35.0. The molecule has 1 N–H and O–H groups in total. The number of ether oxygens (including phenoxy) is 2. The standard InChI is InChI=1S/C38H44BrN3O7/c1-23-16-17-24(2)28(21-23)41-18-10-6-9-15-29(44)40(4)25(3)32(26-13-7-5-8-14-26)48-37(47)30-31-35(45)42(19-11-12-20-43)34(36(41)46)38(31)22-27(39)33(30)49-38/h5-8,10,13-14,16-17,21-22,25,30-34,43H,9,11-12,15,18-20H2,1-4H3/b10-6-/t25-,30+,31-,32+,33+,34+,38-/m1/s1. The van der Waals surface area contributed by atoms with Crippen molar-refractivity contribution >= 4 is 45.3 Å². The molecule has 4 aliphatic rings. The number of halogens is 1. The fourth-order valence-corrected chi connectivity index (χ4v) is 8.50. The Bertz CT molecular complexity index is 1680. The van der Waals surface area contributed by atoms with E-state index >= 15 is 4.79 Å². The molecule has 0 saturated carbocycles. The van der Waals surface area contributed by atoms with E-state index in [-0.39, 0.29) is 43.8 Å². The van der Waals surface area contributed by atoms with Crippen LogP contribution >= 0.6 is 15.9 Å². The molecule has 2 aromatic rings. The second kappa shape index (κ2) is 14.2. The summed E-state index contributed by atoms with van der Waals surface area (Å²) in [6, 6.07) is 13.6. The molecule has 2 saturated heterocycles. The summed E-state index contributed by atoms with van der Waals surface area (Å²) in [5.41, 5.74) is 1.86. The molecule has 0 unspecified atom stereocenters. The number of likely N-dealkylation sites (tertiary alicyclic amines) is 1. The molecule has 10 nitrogen and oxygen atoms in total. The number of likely N-dealkylation sites (N-methyl/N-ethyl adjacent to an activating group) is 1. The number of benzene rings is 2. The highest BCUT2D eigenvalue weighted by atomic mass is 79.9. The normalized spacial score (nSPS) is 31.2. The van der Waals surface area contributed by atoms with Gasteiger partial charge in [-0.1, -0.05) is 70.5 Å². The van der Waals surface area contributed by atoms with E-state index in [4.69, 9.17) is 9.47 Å². The molecule has 2 aromatic carbocycles. The summed E-state index contributed by atoms with van der Waals surface area (Å²) in [5, 5.41) is 9.58. The number of hydrogen-bond donors (Lipinski definition) is 1. The average Bonchev–Trinajstić information content (AvgIpc) is 3.68. The molecule has 0 aliphatic carbocycles. The van der Waals surface area contributed by atoms with Crippen LogP contribution in [0.5, 0.6) is 0 Å². The van der Waals surface area contributed by atoms with Crippen LogP contribution in [0, 0.1) is 25.7 Å². The van der Waals surface area contributed by atoms with Gasteiger partial charge in [0.25, 0.3) is 5.91 Å². The summed E-state index contributed by atoms with van der Waals surface area (Å²) in [7, 11) is 1.71. The van der Waals surface area contributed by atoms with Crippen LogP contribution in [0.25, 0.3) is 0 Å². The van der Waals surface area contributed by atoms with Crippen LogP contribution in [-0.2, 0) is 28.7 Å². The number of unbranched alkanes of at least 4 members (excludes halogenated alkanes) is 1. The quantitative estimate of drug-likeness (QED) is 0.259. The highest BCUT2D eigenvalue weighted by Crippen LogP contribution is 2.59. The molecular weight excluding hydrogens is 690 g/mol. The lowest BCUT2D eigenvalue weighted by Crippen LogP contribution is -2.56. The summed E-state index contributed by atoms with van der Waals surface area (Å²) in [4.78, 5) is 62.4. The first-order chi connectivity index (χ1) is 23.5. The molecule has 4 heterocycles. The predicted molar refractivity (Wildman–Crippen MR) is 188 cm³/mol. The number of cyclic esters (lactones) is 1. The van der Waals surface area contributed by atoms with Crippen molar-refractivity contribution in [1.29, 1.82) is 0 Å². The largest absolute Gasteiger partial charge is 0.455 e. The lowest BCUT2D eigenvalue weighted by molar-refractivity contribution is -0.164. The monoisotopic (exact) mass is 733 g/mol. The SMILES string of the molecule is Cc1ccc(C)c(N2C/C=C\CCC(=O)N(C)[C@H](C)[C@@H](c3ccccc3)OC(=O)[C@@H]3[C@H]4O[C@@]5(C=C4Br)[C@H](C2=O)N(CCCCO)C(=O)[C@@H]35)c1. The minimum Gasteiger partial charge on any atom is -0.455 e. The third-order valence-corrected chi connectivity index (χ3v) is 11.1. The van der Waals surface area contributed by atoms with Gasteiger partial charge in [0.15, 0.2) is 0 Å². The molecule has 11 heteroatoms. The van der Waals surface area contributed by atoms with Gasteiger partial charge in [0.1, 0.15) is 29.8 Å². The zero-order valence-corrected chi connectivity index (χ0v) is 30.0. The Hall–Kier alpha value is -3.80. The van der Waals surface area contributed by atoms with Crippen LogP contribution in [0.3, 0.4) is 0 Å². The fourth-order valence-electron chi connectivity index (χ4n) is 7.77. The minimum absolute atomic E-state index is 0.0520. The Balaban J connectivity index is 1.49. The van der Waals surface area contributed by atoms with Crippen LogP contribution < -0.4 is 4.90 Å². The minimum atomic E-state index is -1.42. The van der Waals surface area contributed by atoms with Crippen LogP contribution in [0.15, 0.2) is 71.2 Å². The highest BCUT2D eigenvalue weighted by molar-refractivity contribution is 9.11. The molecular formula is C38H44BrN3O7. The number of esters is 1. The number of aliphatic hydroxyl groups excluding tert-OH is 1. The van der Waals surface area contributed by atoms with Crippen LogP contribution in [0.2, 0.25) is 0 Å². The number of aliphatic hydroxyl groups is 1.